The molecule has 0 aromatic rings. The van der Waals surface area contributed by atoms with E-state index in [9.17, 15) is 8.42 Å². The van der Waals surface area contributed by atoms with Gasteiger partial charge in [0.2, 0.25) is 0 Å². The lowest BCUT2D eigenvalue weighted by Crippen LogP contribution is -2.32. The molecule has 0 radical (unpaired) electrons. The normalized spacial score (nSPS) is 11.2. The predicted molar refractivity (Wildman–Crippen MR) is 63.7 cm³/mol. The molecule has 3 N–H and O–H groups in total. The van der Waals surface area contributed by atoms with Crippen LogP contribution in [0.25, 0.3) is 0 Å². The minimum atomic E-state index is -4.17. The Kier molecular flexibility index (Phi) is 11.8. The van der Waals surface area contributed by atoms with Crippen molar-refractivity contribution in [1.82, 2.24) is 4.90 Å². The van der Waals surface area contributed by atoms with Crippen LogP contribution >= 0.6 is 0 Å². The van der Waals surface area contributed by atoms with Gasteiger partial charge in [0.05, 0.1) is 6.61 Å². The topological polar surface area (TPSA) is 107 Å². The third-order valence-corrected chi connectivity index (χ3v) is 2.06. The summed E-state index contributed by atoms with van der Waals surface area (Å²) in [5.41, 5.74) is 0. The van der Waals surface area contributed by atoms with E-state index < -0.39 is 16.7 Å². The third kappa shape index (κ3) is 18.1. The lowest BCUT2D eigenvalue weighted by atomic mass is 10.4. The van der Waals surface area contributed by atoms with Crippen LogP contribution in [0.5, 0.6) is 0 Å². The molecule has 0 aromatic carbocycles. The highest BCUT2D eigenvalue weighted by Crippen LogP contribution is 1.89. The van der Waals surface area contributed by atoms with Crippen molar-refractivity contribution in [2.45, 2.75) is 20.1 Å². The van der Waals surface area contributed by atoms with Gasteiger partial charge in [-0.1, -0.05) is 13.0 Å². The Labute approximate surface area is 102 Å². The molecule has 0 aliphatic rings. The van der Waals surface area contributed by atoms with Gasteiger partial charge in [-0.25, -0.2) is 4.18 Å². The summed E-state index contributed by atoms with van der Waals surface area (Å²) in [6, 6.07) is 0. The zero-order valence-corrected chi connectivity index (χ0v) is 10.9. The van der Waals surface area contributed by atoms with Crippen LogP contribution in [0.2, 0.25) is 0 Å². The van der Waals surface area contributed by atoms with Crippen LogP contribution in [-0.2, 0) is 14.6 Å². The Balaban J connectivity index is 0. The molecule has 0 bridgehead atoms. The van der Waals surface area contributed by atoms with E-state index in [4.69, 9.17) is 14.8 Å². The molecular formula is C9H21NO6S. The van der Waals surface area contributed by atoms with E-state index in [1.54, 1.807) is 6.08 Å². The van der Waals surface area contributed by atoms with E-state index in [0.29, 0.717) is 13.1 Å². The van der Waals surface area contributed by atoms with Crippen molar-refractivity contribution in [3.05, 3.63) is 12.7 Å². The number of likely N-dealkylation sites (N-methyl/N-ethyl adjacent to an activating group) is 1. The molecule has 104 valence electrons. The van der Waals surface area contributed by atoms with Crippen molar-refractivity contribution in [1.29, 1.82) is 0 Å². The molecule has 7 nitrogen and oxygen atoms in total. The van der Waals surface area contributed by atoms with Gasteiger partial charge in [0.15, 0.2) is 6.29 Å². The van der Waals surface area contributed by atoms with Crippen LogP contribution < -0.4 is 0 Å². The van der Waals surface area contributed by atoms with Gasteiger partial charge < -0.3 is 10.2 Å². The fourth-order valence-corrected chi connectivity index (χ4v) is 1.19. The fraction of sp³-hybridized carbons (Fsp3) is 0.778. The number of aliphatic hydroxyl groups excluding tert-OH is 1. The van der Waals surface area contributed by atoms with Crippen molar-refractivity contribution in [3.63, 3.8) is 0 Å². The predicted octanol–water partition coefficient (Wildman–Crippen LogP) is -0.369. The standard InChI is InChI=1S/C7H15NO2.C2H6O4S/c1-3-5-8(4-2)6-7(9)10;1-2-6-7(3,4)5/h3,7,9-10H,1,4-6H2,2H3;2H2,1H3,(H,3,4,5). The first-order valence-corrected chi connectivity index (χ1v) is 6.44. The maximum atomic E-state index is 9.56. The van der Waals surface area contributed by atoms with Gasteiger partial charge >= 0.3 is 10.4 Å². The molecule has 0 amide bonds. The molecule has 0 saturated heterocycles. The number of rotatable bonds is 7. The molecule has 0 rings (SSSR count). The van der Waals surface area contributed by atoms with Crippen molar-refractivity contribution in [2.24, 2.45) is 0 Å². The molecule has 0 saturated carbocycles. The molecule has 8 heteroatoms. The van der Waals surface area contributed by atoms with Crippen LogP contribution in [0.4, 0.5) is 0 Å². The minimum absolute atomic E-state index is 0.0289. The lowest BCUT2D eigenvalue weighted by Gasteiger charge is -2.18. The smallest absolute Gasteiger partial charge is 0.367 e. The largest absolute Gasteiger partial charge is 0.397 e. The molecule has 0 unspecified atom stereocenters. The lowest BCUT2D eigenvalue weighted by molar-refractivity contribution is -0.0587. The number of nitrogens with zero attached hydrogens (tertiary/aromatic N) is 1. The van der Waals surface area contributed by atoms with Gasteiger partial charge in [0.1, 0.15) is 0 Å². The Morgan fingerprint density at radius 3 is 2.12 bits per heavy atom. The second kappa shape index (κ2) is 10.6. The Hall–Kier alpha value is -0.510. The zero-order chi connectivity index (χ0) is 13.9. The summed E-state index contributed by atoms with van der Waals surface area (Å²) in [4.78, 5) is 1.89. The van der Waals surface area contributed by atoms with E-state index in [-0.39, 0.29) is 6.61 Å². The maximum Gasteiger partial charge on any atom is 0.397 e. The molecule has 0 atom stereocenters. The first-order valence-electron chi connectivity index (χ1n) is 5.08. The third-order valence-electron chi connectivity index (χ3n) is 1.52. The summed E-state index contributed by atoms with van der Waals surface area (Å²) < 4.78 is 30.7. The van der Waals surface area contributed by atoms with Crippen molar-refractivity contribution in [3.8, 4) is 0 Å². The second-order valence-corrected chi connectivity index (χ2v) is 4.05. The number of hydrogen-bond acceptors (Lipinski definition) is 6. The van der Waals surface area contributed by atoms with Crippen molar-refractivity contribution < 1.29 is 27.4 Å². The summed E-state index contributed by atoms with van der Waals surface area (Å²) in [5, 5.41) is 17.1. The summed E-state index contributed by atoms with van der Waals surface area (Å²) in [7, 11) is -4.17. The molecule has 0 aliphatic carbocycles. The van der Waals surface area contributed by atoms with Crippen LogP contribution in [-0.4, -0.2) is 60.6 Å². The summed E-state index contributed by atoms with van der Waals surface area (Å²) in [5.74, 6) is 0. The molecule has 17 heavy (non-hydrogen) atoms. The number of aliphatic hydroxyl groups is 2. The van der Waals surface area contributed by atoms with Crippen LogP contribution in [0.1, 0.15) is 13.8 Å². The van der Waals surface area contributed by atoms with Crippen molar-refractivity contribution in [2.75, 3.05) is 26.2 Å². The molecule has 0 heterocycles. The van der Waals surface area contributed by atoms with Crippen LogP contribution in [0, 0.1) is 0 Å². The summed E-state index contributed by atoms with van der Waals surface area (Å²) in [6.07, 6.45) is 0.506. The molecule has 0 spiro atoms. The van der Waals surface area contributed by atoms with E-state index in [1.165, 1.54) is 6.92 Å². The monoisotopic (exact) mass is 271 g/mol. The minimum Gasteiger partial charge on any atom is -0.367 e. The van der Waals surface area contributed by atoms with Crippen molar-refractivity contribution >= 4 is 10.4 Å². The SMILES string of the molecule is C=CCN(CC)CC(O)O.CCOS(=O)(=O)O. The van der Waals surface area contributed by atoms with Gasteiger partial charge in [0, 0.05) is 13.1 Å². The first kappa shape index (κ1) is 18.8. The first-order chi connectivity index (χ1) is 7.76. The highest BCUT2D eigenvalue weighted by atomic mass is 32.3. The average molecular weight is 271 g/mol. The maximum absolute atomic E-state index is 9.56. The van der Waals surface area contributed by atoms with E-state index in [1.807, 2.05) is 11.8 Å². The number of hydrogen-bond donors (Lipinski definition) is 3. The Morgan fingerprint density at radius 1 is 1.41 bits per heavy atom. The zero-order valence-electron chi connectivity index (χ0n) is 10.1. The quantitative estimate of drug-likeness (QED) is 0.329. The highest BCUT2D eigenvalue weighted by molar-refractivity contribution is 7.80. The molecular weight excluding hydrogens is 250 g/mol. The Bertz CT molecular complexity index is 277. The molecule has 0 aromatic heterocycles. The summed E-state index contributed by atoms with van der Waals surface area (Å²) in [6.45, 7) is 8.76. The molecule has 0 aliphatic heterocycles. The van der Waals surface area contributed by atoms with Gasteiger partial charge in [-0.05, 0) is 13.5 Å². The van der Waals surface area contributed by atoms with Gasteiger partial charge in [-0.15, -0.1) is 6.58 Å². The fourth-order valence-electron chi connectivity index (χ4n) is 0.895. The second-order valence-electron chi connectivity index (χ2n) is 2.96. The van der Waals surface area contributed by atoms with Gasteiger partial charge in [0.25, 0.3) is 0 Å². The van der Waals surface area contributed by atoms with Gasteiger partial charge in [-0.3, -0.25) is 9.45 Å². The summed E-state index contributed by atoms with van der Waals surface area (Å²) >= 11 is 0. The van der Waals surface area contributed by atoms with Gasteiger partial charge in [-0.2, -0.15) is 8.42 Å². The highest BCUT2D eigenvalue weighted by Gasteiger charge is 2.03. The van der Waals surface area contributed by atoms with Crippen LogP contribution in [0.15, 0.2) is 12.7 Å². The Morgan fingerprint density at radius 2 is 1.94 bits per heavy atom. The van der Waals surface area contributed by atoms with E-state index >= 15 is 0 Å². The van der Waals surface area contributed by atoms with E-state index in [0.717, 1.165) is 6.54 Å². The average Bonchev–Trinajstić information content (AvgIpc) is 2.15. The van der Waals surface area contributed by atoms with E-state index in [2.05, 4.69) is 10.8 Å². The molecule has 0 fully saturated rings. The van der Waals surface area contributed by atoms with Crippen LogP contribution in [0.3, 0.4) is 0 Å².